The molecular formula is C12H19NO5S. The van der Waals surface area contributed by atoms with Crippen molar-refractivity contribution in [3.63, 3.8) is 0 Å². The first kappa shape index (κ1) is 15.7. The molecule has 0 fully saturated rings. The largest absolute Gasteiger partial charge is 0.748 e. The fourth-order valence-corrected chi connectivity index (χ4v) is 2.56. The third-order valence-electron chi connectivity index (χ3n) is 3.06. The van der Waals surface area contributed by atoms with Crippen molar-refractivity contribution < 1.29 is 23.2 Å². The molecule has 108 valence electrons. The summed E-state index contributed by atoms with van der Waals surface area (Å²) in [5.74, 6) is -0.815. The first-order valence-electron chi connectivity index (χ1n) is 5.82. The molecule has 0 heterocycles. The van der Waals surface area contributed by atoms with Crippen molar-refractivity contribution >= 4 is 15.8 Å². The Bertz CT molecular complexity index is 566. The van der Waals surface area contributed by atoms with Gasteiger partial charge in [-0.05, 0) is 13.0 Å². The molecule has 1 rings (SSSR count). The summed E-state index contributed by atoms with van der Waals surface area (Å²) in [7, 11) is -0.516. The van der Waals surface area contributed by atoms with Gasteiger partial charge in [0.15, 0.2) is 11.5 Å². The minimum Gasteiger partial charge on any atom is -0.748 e. The van der Waals surface area contributed by atoms with Crippen LogP contribution in [0.1, 0.15) is 12.0 Å². The fraction of sp³-hybridized carbons (Fsp3) is 0.500. The van der Waals surface area contributed by atoms with Crippen molar-refractivity contribution in [3.05, 3.63) is 17.7 Å². The second kappa shape index (κ2) is 5.36. The van der Waals surface area contributed by atoms with Crippen molar-refractivity contribution in [2.75, 3.05) is 26.4 Å². The first-order chi connectivity index (χ1) is 8.53. The molecule has 0 aliphatic carbocycles. The van der Waals surface area contributed by atoms with Gasteiger partial charge in [0.05, 0.1) is 30.8 Å². The van der Waals surface area contributed by atoms with Crippen LogP contribution >= 0.6 is 0 Å². The monoisotopic (exact) mass is 289 g/mol. The molecule has 0 atom stereocenters. The second-order valence-electron chi connectivity index (χ2n) is 5.15. The summed E-state index contributed by atoms with van der Waals surface area (Å²) < 4.78 is 32.1. The molecule has 0 aromatic heterocycles. The average Bonchev–Trinajstić information content (AvgIpc) is 2.20. The molecule has 0 aliphatic heterocycles. The Hall–Kier alpha value is -1.31. The van der Waals surface area contributed by atoms with Crippen molar-refractivity contribution in [1.82, 2.24) is 4.48 Å². The van der Waals surface area contributed by atoms with Gasteiger partial charge < -0.3 is 14.8 Å². The molecule has 0 unspecified atom stereocenters. The van der Waals surface area contributed by atoms with E-state index >= 15 is 0 Å². The topological polar surface area (TPSA) is 97.7 Å². The standard InChI is InChI=1S/C12H19NO5S/c1-9-7-11(14)12(15)8-10(9)13(2,3)5-4-6-19(16,17)18/h7-8H,4-6H2,1-3H3,(H2-,14,15,16,17,18). The lowest BCUT2D eigenvalue weighted by molar-refractivity contribution is 0.379. The highest BCUT2D eigenvalue weighted by Gasteiger charge is 2.23. The second-order valence-corrected chi connectivity index (χ2v) is 6.67. The van der Waals surface area contributed by atoms with E-state index in [0.29, 0.717) is 11.0 Å². The Morgan fingerprint density at radius 1 is 1.21 bits per heavy atom. The highest BCUT2D eigenvalue weighted by molar-refractivity contribution is 7.85. The lowest BCUT2D eigenvalue weighted by Crippen LogP contribution is -2.42. The Morgan fingerprint density at radius 3 is 2.26 bits per heavy atom. The van der Waals surface area contributed by atoms with Crippen LogP contribution in [-0.4, -0.2) is 49.6 Å². The van der Waals surface area contributed by atoms with E-state index in [1.165, 1.54) is 12.1 Å². The smallest absolute Gasteiger partial charge is 0.163 e. The molecule has 0 saturated heterocycles. The number of hydrogen-bond donors (Lipinski definition) is 2. The Labute approximate surface area is 113 Å². The molecular weight excluding hydrogens is 270 g/mol. The van der Waals surface area contributed by atoms with E-state index in [9.17, 15) is 23.2 Å². The summed E-state index contributed by atoms with van der Waals surface area (Å²) >= 11 is 0. The third-order valence-corrected chi connectivity index (χ3v) is 3.85. The average molecular weight is 289 g/mol. The molecule has 6 nitrogen and oxygen atoms in total. The van der Waals surface area contributed by atoms with Gasteiger partial charge >= 0.3 is 0 Å². The summed E-state index contributed by atoms with van der Waals surface area (Å²) in [5.41, 5.74) is 1.55. The molecule has 1 aromatic rings. The number of quaternary nitrogens is 1. The number of nitrogens with zero attached hydrogens (tertiary/aromatic N) is 1. The Morgan fingerprint density at radius 2 is 1.74 bits per heavy atom. The maximum absolute atomic E-state index is 10.6. The van der Waals surface area contributed by atoms with E-state index in [4.69, 9.17) is 0 Å². The number of rotatable bonds is 5. The minimum atomic E-state index is -4.20. The van der Waals surface area contributed by atoms with Gasteiger partial charge in [0.1, 0.15) is 5.69 Å². The van der Waals surface area contributed by atoms with Gasteiger partial charge in [0.25, 0.3) is 0 Å². The van der Waals surface area contributed by atoms with Gasteiger partial charge in [-0.3, -0.25) is 4.48 Å². The van der Waals surface area contributed by atoms with E-state index in [2.05, 4.69) is 0 Å². The molecule has 1 aromatic carbocycles. The van der Waals surface area contributed by atoms with Crippen LogP contribution < -0.4 is 4.48 Å². The third kappa shape index (κ3) is 4.38. The normalized spacial score (nSPS) is 12.6. The van der Waals surface area contributed by atoms with Gasteiger partial charge in [-0.15, -0.1) is 0 Å². The van der Waals surface area contributed by atoms with Gasteiger partial charge in [-0.1, -0.05) is 0 Å². The van der Waals surface area contributed by atoms with Gasteiger partial charge in [-0.2, -0.15) is 0 Å². The first-order valence-corrected chi connectivity index (χ1v) is 7.40. The maximum atomic E-state index is 10.6. The van der Waals surface area contributed by atoms with Crippen LogP contribution in [0.5, 0.6) is 11.5 Å². The molecule has 19 heavy (non-hydrogen) atoms. The quantitative estimate of drug-likeness (QED) is 0.477. The summed E-state index contributed by atoms with van der Waals surface area (Å²) in [6.07, 6.45) is 0.236. The Kier molecular flexibility index (Phi) is 4.44. The molecule has 0 radical (unpaired) electrons. The van der Waals surface area contributed by atoms with Gasteiger partial charge in [0, 0.05) is 23.8 Å². The summed E-state index contributed by atoms with van der Waals surface area (Å²) in [6, 6.07) is 2.91. The molecule has 7 heteroatoms. The molecule has 0 saturated carbocycles. The lowest BCUT2D eigenvalue weighted by atomic mass is 10.1. The predicted molar refractivity (Wildman–Crippen MR) is 72.2 cm³/mol. The molecule has 0 amide bonds. The fourth-order valence-electron chi connectivity index (χ4n) is 2.08. The summed E-state index contributed by atoms with van der Waals surface area (Å²) in [6.45, 7) is 2.23. The van der Waals surface area contributed by atoms with Crippen LogP contribution in [0.3, 0.4) is 0 Å². The molecule has 2 N–H and O–H groups in total. The number of aromatic hydroxyl groups is 2. The van der Waals surface area contributed by atoms with E-state index in [0.717, 1.165) is 11.3 Å². The highest BCUT2D eigenvalue weighted by atomic mass is 32.2. The van der Waals surface area contributed by atoms with Gasteiger partial charge in [-0.25, -0.2) is 8.42 Å². The Balaban J connectivity index is 2.91. The number of phenolic OH excluding ortho intramolecular Hbond substituents is 2. The number of benzene rings is 1. The zero-order valence-electron chi connectivity index (χ0n) is 11.3. The van der Waals surface area contributed by atoms with Crippen LogP contribution in [0.15, 0.2) is 12.1 Å². The molecule has 0 aliphatic rings. The predicted octanol–water partition coefficient (Wildman–Crippen LogP) is 0.908. The minimum absolute atomic E-state index is 0.191. The van der Waals surface area contributed by atoms with Crippen molar-refractivity contribution in [2.45, 2.75) is 13.3 Å². The SMILES string of the molecule is Cc1cc(O)c(O)cc1[N+](C)(C)CCCS(=O)(=O)[O-]. The number of hydrogen-bond acceptors (Lipinski definition) is 5. The van der Waals surface area contributed by atoms with Crippen LogP contribution in [0.4, 0.5) is 5.69 Å². The summed E-state index contributed by atoms with van der Waals surface area (Å²) in [4.78, 5) is 0. The van der Waals surface area contributed by atoms with E-state index < -0.39 is 15.9 Å². The van der Waals surface area contributed by atoms with E-state index in [1.807, 2.05) is 14.1 Å². The maximum Gasteiger partial charge on any atom is 0.163 e. The summed E-state index contributed by atoms with van der Waals surface area (Å²) in [5, 5.41) is 18.9. The van der Waals surface area contributed by atoms with Crippen molar-refractivity contribution in [2.24, 2.45) is 0 Å². The highest BCUT2D eigenvalue weighted by Crippen LogP contribution is 2.34. The molecule has 0 bridgehead atoms. The van der Waals surface area contributed by atoms with Gasteiger partial charge in [0.2, 0.25) is 0 Å². The number of phenols is 2. The van der Waals surface area contributed by atoms with Crippen LogP contribution in [0.2, 0.25) is 0 Å². The number of aryl methyl sites for hydroxylation is 1. The van der Waals surface area contributed by atoms with Crippen LogP contribution in [0, 0.1) is 6.92 Å². The zero-order chi connectivity index (χ0) is 14.8. The van der Waals surface area contributed by atoms with Crippen LogP contribution in [-0.2, 0) is 10.1 Å². The van der Waals surface area contributed by atoms with Crippen LogP contribution in [0.25, 0.3) is 0 Å². The van der Waals surface area contributed by atoms with Crippen molar-refractivity contribution in [3.8, 4) is 11.5 Å². The van der Waals surface area contributed by atoms with E-state index in [-0.39, 0.29) is 17.9 Å². The zero-order valence-corrected chi connectivity index (χ0v) is 12.1. The molecule has 0 spiro atoms. The van der Waals surface area contributed by atoms with Crippen molar-refractivity contribution in [1.29, 1.82) is 0 Å². The van der Waals surface area contributed by atoms with E-state index in [1.54, 1.807) is 6.92 Å². The lowest BCUT2D eigenvalue weighted by Gasteiger charge is -2.31.